The number of aliphatic hydroxyl groups is 4. The van der Waals surface area contributed by atoms with Gasteiger partial charge in [-0.05, 0) is 5.75 Å². The summed E-state index contributed by atoms with van der Waals surface area (Å²) in [5.74, 6) is 0.725. The quantitative estimate of drug-likeness (QED) is 0.468. The molecule has 84 valence electrons. The molecule has 14 heavy (non-hydrogen) atoms. The third-order valence-corrected chi connectivity index (χ3v) is 3.23. The molecule has 5 atom stereocenters. The molecule has 1 rings (SSSR count). The van der Waals surface area contributed by atoms with Crippen LogP contribution in [0, 0.1) is 0 Å². The first kappa shape index (κ1) is 12.2. The number of ether oxygens (including phenoxy) is 1. The third-order valence-electron chi connectivity index (χ3n) is 2.18. The maximum atomic E-state index is 9.51. The van der Waals surface area contributed by atoms with Crippen molar-refractivity contribution in [2.75, 3.05) is 12.4 Å². The summed E-state index contributed by atoms with van der Waals surface area (Å²) in [4.78, 5) is 0. The molecule has 1 aliphatic rings. The van der Waals surface area contributed by atoms with Crippen molar-refractivity contribution in [1.82, 2.24) is 0 Å². The van der Waals surface area contributed by atoms with Gasteiger partial charge in [-0.2, -0.15) is 0 Å². The van der Waals surface area contributed by atoms with Gasteiger partial charge >= 0.3 is 0 Å². The molecule has 5 nitrogen and oxygen atoms in total. The van der Waals surface area contributed by atoms with E-state index in [4.69, 9.17) is 9.84 Å². The second-order valence-corrected chi connectivity index (χ2v) is 4.53. The van der Waals surface area contributed by atoms with Crippen LogP contribution in [-0.2, 0) is 4.74 Å². The molecule has 0 aromatic heterocycles. The van der Waals surface area contributed by atoms with E-state index >= 15 is 0 Å². The molecular formula is C8H16O5S. The van der Waals surface area contributed by atoms with Gasteiger partial charge in [-0.1, -0.05) is 6.92 Å². The standard InChI is InChI=1S/C8H16O5S/c1-2-14-8-7(12)6(11)5(10)4(3-9)13-8/h4-12H,2-3H2,1H3/t4-,5?,6+,7?,8+/m1/s1. The Bertz CT molecular complexity index is 175. The van der Waals surface area contributed by atoms with Crippen LogP contribution >= 0.6 is 11.8 Å². The summed E-state index contributed by atoms with van der Waals surface area (Å²) in [5, 5.41) is 37.2. The predicted octanol–water partition coefficient (Wildman–Crippen LogP) is -1.46. The first-order valence-electron chi connectivity index (χ1n) is 4.54. The molecule has 0 aliphatic carbocycles. The van der Waals surface area contributed by atoms with Gasteiger partial charge in [0.25, 0.3) is 0 Å². The van der Waals surface area contributed by atoms with Crippen LogP contribution in [0.1, 0.15) is 6.92 Å². The van der Waals surface area contributed by atoms with Gasteiger partial charge in [0.1, 0.15) is 29.9 Å². The van der Waals surface area contributed by atoms with Gasteiger partial charge in [-0.3, -0.25) is 0 Å². The third kappa shape index (κ3) is 2.39. The van der Waals surface area contributed by atoms with Gasteiger partial charge in [0.15, 0.2) is 0 Å². The normalized spacial score (nSPS) is 43.9. The molecule has 0 amide bonds. The SMILES string of the molecule is CCS[C@@H]1O[C@H](CO)C(O)[C@H](O)C1O. The Labute approximate surface area is 86.7 Å². The fourth-order valence-electron chi connectivity index (χ4n) is 1.37. The van der Waals surface area contributed by atoms with Crippen LogP contribution in [0.5, 0.6) is 0 Å². The summed E-state index contributed by atoms with van der Waals surface area (Å²) in [5.41, 5.74) is -0.587. The van der Waals surface area contributed by atoms with E-state index < -0.39 is 29.9 Å². The van der Waals surface area contributed by atoms with Crippen LogP contribution in [0.25, 0.3) is 0 Å². The molecule has 0 aromatic rings. The van der Waals surface area contributed by atoms with Gasteiger partial charge < -0.3 is 25.2 Å². The number of thioether (sulfide) groups is 1. The fraction of sp³-hybridized carbons (Fsp3) is 1.00. The van der Waals surface area contributed by atoms with Crippen molar-refractivity contribution in [2.45, 2.75) is 36.8 Å². The van der Waals surface area contributed by atoms with Gasteiger partial charge in [0, 0.05) is 0 Å². The molecule has 0 saturated carbocycles. The molecule has 6 heteroatoms. The van der Waals surface area contributed by atoms with Gasteiger partial charge in [0.05, 0.1) is 6.61 Å². The lowest BCUT2D eigenvalue weighted by atomic mass is 10.0. The molecule has 1 aliphatic heterocycles. The van der Waals surface area contributed by atoms with E-state index in [1.54, 1.807) is 0 Å². The van der Waals surface area contributed by atoms with Crippen molar-refractivity contribution < 1.29 is 25.2 Å². The van der Waals surface area contributed by atoms with Gasteiger partial charge in [0.2, 0.25) is 0 Å². The molecule has 0 aromatic carbocycles. The lowest BCUT2D eigenvalue weighted by Crippen LogP contribution is -2.57. The van der Waals surface area contributed by atoms with Crippen molar-refractivity contribution in [2.24, 2.45) is 0 Å². The Balaban J connectivity index is 2.63. The average Bonchev–Trinajstić information content (AvgIpc) is 2.19. The number of hydrogen-bond acceptors (Lipinski definition) is 6. The molecule has 0 spiro atoms. The second kappa shape index (κ2) is 5.29. The molecule has 1 heterocycles. The van der Waals surface area contributed by atoms with E-state index in [1.807, 2.05) is 6.92 Å². The van der Waals surface area contributed by atoms with E-state index in [0.29, 0.717) is 0 Å². The van der Waals surface area contributed by atoms with Crippen LogP contribution in [0.2, 0.25) is 0 Å². The Morgan fingerprint density at radius 2 is 1.79 bits per heavy atom. The monoisotopic (exact) mass is 224 g/mol. The summed E-state index contributed by atoms with van der Waals surface area (Å²) in [6, 6.07) is 0. The molecule has 4 N–H and O–H groups in total. The largest absolute Gasteiger partial charge is 0.394 e. The number of hydrogen-bond donors (Lipinski definition) is 4. The zero-order valence-electron chi connectivity index (χ0n) is 7.91. The van der Waals surface area contributed by atoms with E-state index in [1.165, 1.54) is 11.8 Å². The van der Waals surface area contributed by atoms with Crippen LogP contribution in [-0.4, -0.2) is 62.6 Å². The molecular weight excluding hydrogens is 208 g/mol. The topological polar surface area (TPSA) is 90.2 Å². The summed E-state index contributed by atoms with van der Waals surface area (Å²) in [6.45, 7) is 1.53. The summed E-state index contributed by atoms with van der Waals surface area (Å²) in [6.07, 6.45) is -4.43. The van der Waals surface area contributed by atoms with Gasteiger partial charge in [-0.25, -0.2) is 0 Å². The molecule has 1 saturated heterocycles. The minimum Gasteiger partial charge on any atom is -0.394 e. The smallest absolute Gasteiger partial charge is 0.132 e. The second-order valence-electron chi connectivity index (χ2n) is 3.15. The Kier molecular flexibility index (Phi) is 4.62. The lowest BCUT2D eigenvalue weighted by Gasteiger charge is -2.39. The van der Waals surface area contributed by atoms with E-state index in [0.717, 1.165) is 5.75 Å². The maximum absolute atomic E-state index is 9.51. The fourth-order valence-corrected chi connectivity index (χ4v) is 2.28. The zero-order valence-corrected chi connectivity index (χ0v) is 8.72. The van der Waals surface area contributed by atoms with Crippen LogP contribution in [0.3, 0.4) is 0 Å². The van der Waals surface area contributed by atoms with Crippen molar-refractivity contribution >= 4 is 11.8 Å². The average molecular weight is 224 g/mol. The summed E-state index contributed by atoms with van der Waals surface area (Å²) >= 11 is 1.33. The first-order valence-corrected chi connectivity index (χ1v) is 5.58. The minimum absolute atomic E-state index is 0.369. The first-order chi connectivity index (χ1) is 6.61. The molecule has 2 unspecified atom stereocenters. The highest BCUT2D eigenvalue weighted by molar-refractivity contribution is 7.99. The Hall–Kier alpha value is 0.150. The van der Waals surface area contributed by atoms with Crippen LogP contribution in [0.15, 0.2) is 0 Å². The highest BCUT2D eigenvalue weighted by Crippen LogP contribution is 2.27. The Morgan fingerprint density at radius 3 is 2.29 bits per heavy atom. The molecule has 1 fully saturated rings. The van der Waals surface area contributed by atoms with E-state index in [2.05, 4.69) is 0 Å². The number of aliphatic hydroxyl groups excluding tert-OH is 4. The van der Waals surface area contributed by atoms with Crippen molar-refractivity contribution in [3.05, 3.63) is 0 Å². The lowest BCUT2D eigenvalue weighted by molar-refractivity contribution is -0.205. The highest BCUT2D eigenvalue weighted by atomic mass is 32.2. The van der Waals surface area contributed by atoms with Crippen LogP contribution in [0.4, 0.5) is 0 Å². The van der Waals surface area contributed by atoms with Crippen molar-refractivity contribution in [1.29, 1.82) is 0 Å². The van der Waals surface area contributed by atoms with E-state index in [9.17, 15) is 15.3 Å². The molecule has 0 bridgehead atoms. The summed E-state index contributed by atoms with van der Waals surface area (Å²) in [7, 11) is 0. The van der Waals surface area contributed by atoms with Crippen molar-refractivity contribution in [3.8, 4) is 0 Å². The predicted molar refractivity (Wildman–Crippen MR) is 51.9 cm³/mol. The number of rotatable bonds is 3. The van der Waals surface area contributed by atoms with Crippen molar-refractivity contribution in [3.63, 3.8) is 0 Å². The van der Waals surface area contributed by atoms with Gasteiger partial charge in [-0.15, -0.1) is 11.8 Å². The maximum Gasteiger partial charge on any atom is 0.132 e. The van der Waals surface area contributed by atoms with E-state index in [-0.39, 0.29) is 6.61 Å². The Morgan fingerprint density at radius 1 is 1.14 bits per heavy atom. The van der Waals surface area contributed by atoms with Crippen LogP contribution < -0.4 is 0 Å². The molecule has 0 radical (unpaired) electrons. The summed E-state index contributed by atoms with van der Waals surface area (Å²) < 4.78 is 5.22. The zero-order chi connectivity index (χ0) is 10.7. The minimum atomic E-state index is -1.26. The highest BCUT2D eigenvalue weighted by Gasteiger charge is 2.43.